The largest absolute Gasteiger partial charge is 0.383 e. The molecule has 0 aliphatic heterocycles. The zero-order valence-electron chi connectivity index (χ0n) is 8.70. The number of hydrogen-bond donors (Lipinski definition) is 2. The maximum absolute atomic E-state index is 12.5. The second kappa shape index (κ2) is 4.89. The topological polar surface area (TPSA) is 49.3 Å². The van der Waals surface area contributed by atoms with Crippen molar-refractivity contribution in [2.75, 3.05) is 5.32 Å². The molecule has 0 bridgehead atoms. The number of carbonyl (C=O) groups excluding carboxylic acids is 1. The van der Waals surface area contributed by atoms with Gasteiger partial charge in [0.1, 0.15) is 11.9 Å². The summed E-state index contributed by atoms with van der Waals surface area (Å²) in [6, 6.07) is 5.38. The lowest BCUT2D eigenvalue weighted by molar-refractivity contribution is -0.125. The van der Waals surface area contributed by atoms with E-state index >= 15 is 0 Å². The van der Waals surface area contributed by atoms with E-state index in [2.05, 4.69) is 5.32 Å². The Kier molecular flexibility index (Phi) is 3.80. The Labute approximate surface area is 87.9 Å². The molecule has 0 spiro atoms. The van der Waals surface area contributed by atoms with E-state index in [1.54, 1.807) is 13.8 Å². The van der Waals surface area contributed by atoms with Gasteiger partial charge in [-0.25, -0.2) is 4.39 Å². The SMILES string of the molecule is CC(C)[C@@H](O)C(=O)Nc1ccc(F)cc1. The maximum atomic E-state index is 12.5. The lowest BCUT2D eigenvalue weighted by Crippen LogP contribution is -2.31. The van der Waals surface area contributed by atoms with Crippen molar-refractivity contribution in [2.24, 2.45) is 5.92 Å². The standard InChI is InChI=1S/C11H14FNO2/c1-7(2)10(14)11(15)13-9-5-3-8(12)4-6-9/h3-7,10,14H,1-2H3,(H,13,15)/t10-/m1/s1. The minimum atomic E-state index is -1.05. The fourth-order valence-electron chi connectivity index (χ4n) is 1.05. The lowest BCUT2D eigenvalue weighted by Gasteiger charge is -2.14. The first-order valence-electron chi connectivity index (χ1n) is 4.75. The molecule has 0 fully saturated rings. The van der Waals surface area contributed by atoms with Gasteiger partial charge in [-0.3, -0.25) is 4.79 Å². The average Bonchev–Trinajstić information content (AvgIpc) is 2.20. The number of nitrogens with one attached hydrogen (secondary N) is 1. The summed E-state index contributed by atoms with van der Waals surface area (Å²) < 4.78 is 12.5. The van der Waals surface area contributed by atoms with Gasteiger partial charge in [0, 0.05) is 5.69 Å². The molecule has 15 heavy (non-hydrogen) atoms. The van der Waals surface area contributed by atoms with E-state index in [1.807, 2.05) is 0 Å². The molecular formula is C11H14FNO2. The number of hydrogen-bond acceptors (Lipinski definition) is 2. The smallest absolute Gasteiger partial charge is 0.253 e. The summed E-state index contributed by atoms with van der Waals surface area (Å²) in [6.07, 6.45) is -1.05. The first-order chi connectivity index (χ1) is 7.00. The molecule has 1 aromatic rings. The molecule has 0 aromatic heterocycles. The van der Waals surface area contributed by atoms with E-state index in [-0.39, 0.29) is 11.7 Å². The Morgan fingerprint density at radius 3 is 2.33 bits per heavy atom. The third-order valence-corrected chi connectivity index (χ3v) is 2.01. The van der Waals surface area contributed by atoms with E-state index in [0.717, 1.165) is 0 Å². The molecule has 82 valence electrons. The fourth-order valence-corrected chi connectivity index (χ4v) is 1.05. The van der Waals surface area contributed by atoms with Crippen molar-refractivity contribution in [3.63, 3.8) is 0 Å². The van der Waals surface area contributed by atoms with Crippen molar-refractivity contribution in [1.29, 1.82) is 0 Å². The summed E-state index contributed by atoms with van der Waals surface area (Å²) in [6.45, 7) is 3.49. The Hall–Kier alpha value is -1.42. The summed E-state index contributed by atoms with van der Waals surface area (Å²) in [5.74, 6) is -0.987. The van der Waals surface area contributed by atoms with Gasteiger partial charge in [-0.1, -0.05) is 13.8 Å². The molecule has 2 N–H and O–H groups in total. The van der Waals surface area contributed by atoms with Crippen LogP contribution in [0, 0.1) is 11.7 Å². The number of rotatable bonds is 3. The highest BCUT2D eigenvalue weighted by molar-refractivity contribution is 5.94. The van der Waals surface area contributed by atoms with Crippen LogP contribution in [-0.4, -0.2) is 17.1 Å². The minimum absolute atomic E-state index is 0.148. The highest BCUT2D eigenvalue weighted by Gasteiger charge is 2.18. The van der Waals surface area contributed by atoms with Crippen LogP contribution in [0.15, 0.2) is 24.3 Å². The van der Waals surface area contributed by atoms with Gasteiger partial charge in [0.15, 0.2) is 0 Å². The third kappa shape index (κ3) is 3.32. The zero-order chi connectivity index (χ0) is 11.4. The molecule has 0 radical (unpaired) electrons. The molecule has 0 aliphatic carbocycles. The van der Waals surface area contributed by atoms with Crippen LogP contribution < -0.4 is 5.32 Å². The summed E-state index contributed by atoms with van der Waals surface area (Å²) in [7, 11) is 0. The van der Waals surface area contributed by atoms with Crippen LogP contribution in [0.2, 0.25) is 0 Å². The third-order valence-electron chi connectivity index (χ3n) is 2.01. The van der Waals surface area contributed by atoms with Gasteiger partial charge in [-0.15, -0.1) is 0 Å². The van der Waals surface area contributed by atoms with E-state index in [4.69, 9.17) is 0 Å². The van der Waals surface area contributed by atoms with Crippen molar-refractivity contribution >= 4 is 11.6 Å². The molecule has 4 heteroatoms. The fraction of sp³-hybridized carbons (Fsp3) is 0.364. The van der Waals surface area contributed by atoms with Crippen LogP contribution >= 0.6 is 0 Å². The molecule has 0 aliphatic rings. The van der Waals surface area contributed by atoms with Crippen LogP contribution in [0.4, 0.5) is 10.1 Å². The Balaban J connectivity index is 2.62. The summed E-state index contributed by atoms with van der Waals surface area (Å²) >= 11 is 0. The summed E-state index contributed by atoms with van der Waals surface area (Å²) in [5, 5.41) is 11.9. The van der Waals surface area contributed by atoms with Crippen molar-refractivity contribution in [2.45, 2.75) is 20.0 Å². The van der Waals surface area contributed by atoms with Crippen molar-refractivity contribution in [1.82, 2.24) is 0 Å². The first kappa shape index (κ1) is 11.7. The molecule has 0 saturated heterocycles. The first-order valence-corrected chi connectivity index (χ1v) is 4.75. The number of aliphatic hydroxyl groups excluding tert-OH is 1. The molecule has 3 nitrogen and oxygen atoms in total. The molecule has 1 atom stereocenters. The number of amides is 1. The van der Waals surface area contributed by atoms with Gasteiger partial charge in [0.25, 0.3) is 5.91 Å². The Morgan fingerprint density at radius 1 is 1.33 bits per heavy atom. The van der Waals surface area contributed by atoms with E-state index < -0.39 is 12.0 Å². The number of benzene rings is 1. The number of halogens is 1. The normalized spacial score (nSPS) is 12.6. The van der Waals surface area contributed by atoms with Crippen LogP contribution in [0.3, 0.4) is 0 Å². The molecule has 0 unspecified atom stereocenters. The van der Waals surface area contributed by atoms with E-state index in [0.29, 0.717) is 5.69 Å². The maximum Gasteiger partial charge on any atom is 0.253 e. The Bertz CT molecular complexity index is 335. The summed E-state index contributed by atoms with van der Waals surface area (Å²) in [4.78, 5) is 11.4. The van der Waals surface area contributed by atoms with Gasteiger partial charge in [0.05, 0.1) is 0 Å². The molecule has 1 aromatic carbocycles. The Morgan fingerprint density at radius 2 is 1.87 bits per heavy atom. The van der Waals surface area contributed by atoms with Gasteiger partial charge in [-0.05, 0) is 30.2 Å². The number of carbonyl (C=O) groups is 1. The molecule has 0 saturated carbocycles. The molecule has 0 heterocycles. The van der Waals surface area contributed by atoms with Gasteiger partial charge < -0.3 is 10.4 Å². The van der Waals surface area contributed by atoms with Crippen molar-refractivity contribution in [3.8, 4) is 0 Å². The van der Waals surface area contributed by atoms with Crippen molar-refractivity contribution in [3.05, 3.63) is 30.1 Å². The zero-order valence-corrected chi connectivity index (χ0v) is 8.70. The van der Waals surface area contributed by atoms with Crippen LogP contribution in [0.25, 0.3) is 0 Å². The second-order valence-corrected chi connectivity index (χ2v) is 3.68. The van der Waals surface area contributed by atoms with Crippen LogP contribution in [0.1, 0.15) is 13.8 Å². The predicted octanol–water partition coefficient (Wildman–Crippen LogP) is 1.78. The van der Waals surface area contributed by atoms with Crippen molar-refractivity contribution < 1.29 is 14.3 Å². The van der Waals surface area contributed by atoms with Gasteiger partial charge in [-0.2, -0.15) is 0 Å². The minimum Gasteiger partial charge on any atom is -0.383 e. The molecule has 1 rings (SSSR count). The monoisotopic (exact) mass is 211 g/mol. The van der Waals surface area contributed by atoms with E-state index in [1.165, 1.54) is 24.3 Å². The van der Waals surface area contributed by atoms with Gasteiger partial charge in [0.2, 0.25) is 0 Å². The average molecular weight is 211 g/mol. The quantitative estimate of drug-likeness (QED) is 0.800. The van der Waals surface area contributed by atoms with E-state index in [9.17, 15) is 14.3 Å². The summed E-state index contributed by atoms with van der Waals surface area (Å²) in [5.41, 5.74) is 0.473. The second-order valence-electron chi connectivity index (χ2n) is 3.68. The predicted molar refractivity (Wildman–Crippen MR) is 55.9 cm³/mol. The molecule has 1 amide bonds. The lowest BCUT2D eigenvalue weighted by atomic mass is 10.1. The van der Waals surface area contributed by atoms with Gasteiger partial charge >= 0.3 is 0 Å². The highest BCUT2D eigenvalue weighted by Crippen LogP contribution is 2.10. The van der Waals surface area contributed by atoms with Crippen LogP contribution in [-0.2, 0) is 4.79 Å². The highest BCUT2D eigenvalue weighted by atomic mass is 19.1. The molecular weight excluding hydrogens is 197 g/mol. The number of aliphatic hydroxyl groups is 1. The number of anilines is 1. The van der Waals surface area contributed by atoms with Crippen LogP contribution in [0.5, 0.6) is 0 Å².